The van der Waals surface area contributed by atoms with Gasteiger partial charge in [-0.3, -0.25) is 18.7 Å². The monoisotopic (exact) mass is 596 g/mol. The molecule has 1 aliphatic rings. The SMILES string of the molecule is Cc1cc(S(=O)(=O)N2c3ccccc3NC(=O)[C@H]2CC(=O)NCCc2ccc(NC(=O)C(C)C)cc2)c(C)cc1Cl. The number of rotatable bonds is 9. The van der Waals surface area contributed by atoms with Gasteiger partial charge in [-0.15, -0.1) is 0 Å². The summed E-state index contributed by atoms with van der Waals surface area (Å²) < 4.78 is 29.1. The Kier molecular flexibility index (Phi) is 9.04. The average Bonchev–Trinajstić information content (AvgIpc) is 2.91. The first-order chi connectivity index (χ1) is 19.4. The summed E-state index contributed by atoms with van der Waals surface area (Å²) in [7, 11) is -4.25. The van der Waals surface area contributed by atoms with Gasteiger partial charge in [0.05, 0.1) is 22.7 Å². The number of anilines is 3. The quantitative estimate of drug-likeness (QED) is 0.327. The van der Waals surface area contributed by atoms with E-state index < -0.39 is 27.9 Å². The number of amides is 3. The molecule has 0 fully saturated rings. The highest BCUT2D eigenvalue weighted by Gasteiger charge is 2.42. The van der Waals surface area contributed by atoms with Crippen LogP contribution in [0, 0.1) is 19.8 Å². The molecule has 41 heavy (non-hydrogen) atoms. The van der Waals surface area contributed by atoms with E-state index in [1.54, 1.807) is 56.3 Å². The third kappa shape index (κ3) is 6.71. The van der Waals surface area contributed by atoms with Crippen LogP contribution in [0.3, 0.4) is 0 Å². The van der Waals surface area contributed by atoms with Crippen LogP contribution in [0.4, 0.5) is 17.1 Å². The van der Waals surface area contributed by atoms with E-state index >= 15 is 0 Å². The van der Waals surface area contributed by atoms with Crippen LogP contribution in [0.15, 0.2) is 65.6 Å². The van der Waals surface area contributed by atoms with Crippen LogP contribution in [-0.4, -0.2) is 38.7 Å². The van der Waals surface area contributed by atoms with Gasteiger partial charge >= 0.3 is 0 Å². The second kappa shape index (κ2) is 12.3. The Morgan fingerprint density at radius 2 is 1.71 bits per heavy atom. The summed E-state index contributed by atoms with van der Waals surface area (Å²) in [5.41, 5.74) is 3.26. The van der Waals surface area contributed by atoms with Crippen molar-refractivity contribution in [2.45, 2.75) is 51.5 Å². The maximum atomic E-state index is 14.0. The van der Waals surface area contributed by atoms with Crippen molar-refractivity contribution >= 4 is 56.4 Å². The van der Waals surface area contributed by atoms with Gasteiger partial charge in [0.2, 0.25) is 17.7 Å². The minimum atomic E-state index is -4.25. The second-order valence-corrected chi connectivity index (χ2v) is 12.5. The minimum Gasteiger partial charge on any atom is -0.356 e. The number of halogens is 1. The van der Waals surface area contributed by atoms with Gasteiger partial charge in [-0.25, -0.2) is 8.42 Å². The van der Waals surface area contributed by atoms with Crippen molar-refractivity contribution in [2.24, 2.45) is 5.92 Å². The van der Waals surface area contributed by atoms with E-state index in [0.717, 1.165) is 9.87 Å². The van der Waals surface area contributed by atoms with Crippen molar-refractivity contribution < 1.29 is 22.8 Å². The molecule has 3 amide bonds. The van der Waals surface area contributed by atoms with E-state index in [-0.39, 0.29) is 35.4 Å². The van der Waals surface area contributed by atoms with E-state index in [2.05, 4.69) is 16.0 Å². The molecule has 216 valence electrons. The third-order valence-electron chi connectivity index (χ3n) is 6.84. The van der Waals surface area contributed by atoms with Gasteiger partial charge in [0, 0.05) is 23.2 Å². The summed E-state index contributed by atoms with van der Waals surface area (Å²) in [4.78, 5) is 38.1. The van der Waals surface area contributed by atoms with Crippen molar-refractivity contribution in [3.63, 3.8) is 0 Å². The number of nitrogens with zero attached hydrogens (tertiary/aromatic N) is 1. The lowest BCUT2D eigenvalue weighted by Gasteiger charge is -2.37. The van der Waals surface area contributed by atoms with E-state index in [1.807, 2.05) is 26.0 Å². The normalized spacial score (nSPS) is 14.8. The van der Waals surface area contributed by atoms with Crippen molar-refractivity contribution in [3.05, 3.63) is 82.4 Å². The number of nitrogens with one attached hydrogen (secondary N) is 3. The van der Waals surface area contributed by atoms with E-state index in [9.17, 15) is 22.8 Å². The van der Waals surface area contributed by atoms with Gasteiger partial charge in [-0.2, -0.15) is 0 Å². The standard InChI is InChI=1S/C30H33ClN4O5S/c1-18(2)29(37)33-22-11-9-21(10-12-22)13-14-32-28(36)17-26-30(38)34-24-7-5-6-8-25(24)35(26)41(39,40)27-16-19(3)23(31)15-20(27)4/h5-12,15-16,18,26H,13-14,17H2,1-4H3,(H,32,36)(H,33,37)(H,34,38)/t26-/m1/s1. The minimum absolute atomic E-state index is 0.0161. The Bertz CT molecular complexity index is 1590. The van der Waals surface area contributed by atoms with Crippen LogP contribution in [0.5, 0.6) is 0 Å². The van der Waals surface area contributed by atoms with Crippen LogP contribution in [0.25, 0.3) is 0 Å². The molecule has 3 aromatic carbocycles. The Hall–Kier alpha value is -3.89. The summed E-state index contributed by atoms with van der Waals surface area (Å²) in [6.07, 6.45) is 0.139. The molecular formula is C30H33ClN4O5S. The number of aryl methyl sites for hydroxylation is 2. The molecule has 0 saturated heterocycles. The van der Waals surface area contributed by atoms with Gasteiger partial charge < -0.3 is 16.0 Å². The molecule has 0 saturated carbocycles. The number of fused-ring (bicyclic) bond motifs is 1. The third-order valence-corrected chi connectivity index (χ3v) is 9.21. The Balaban J connectivity index is 1.50. The molecule has 1 atom stereocenters. The fourth-order valence-electron chi connectivity index (χ4n) is 4.51. The van der Waals surface area contributed by atoms with E-state index in [1.165, 1.54) is 6.07 Å². The topological polar surface area (TPSA) is 125 Å². The number of hydrogen-bond acceptors (Lipinski definition) is 5. The molecule has 0 unspecified atom stereocenters. The first kappa shape index (κ1) is 30.1. The van der Waals surface area contributed by atoms with Gasteiger partial charge in [-0.05, 0) is 73.4 Å². The summed E-state index contributed by atoms with van der Waals surface area (Å²) in [5, 5.41) is 8.80. The van der Waals surface area contributed by atoms with Gasteiger partial charge in [0.25, 0.3) is 10.0 Å². The molecular weight excluding hydrogens is 564 g/mol. The lowest BCUT2D eigenvalue weighted by atomic mass is 10.1. The highest BCUT2D eigenvalue weighted by atomic mass is 35.5. The largest absolute Gasteiger partial charge is 0.356 e. The Labute approximate surface area is 245 Å². The molecule has 9 nitrogen and oxygen atoms in total. The fraction of sp³-hybridized carbons (Fsp3) is 0.300. The number of carbonyl (C=O) groups is 3. The van der Waals surface area contributed by atoms with Gasteiger partial charge in [0.15, 0.2) is 0 Å². The van der Waals surface area contributed by atoms with Gasteiger partial charge in [-0.1, -0.05) is 49.7 Å². The number of hydrogen-bond donors (Lipinski definition) is 3. The number of carbonyl (C=O) groups excluding carboxylic acids is 3. The number of benzene rings is 3. The molecule has 0 bridgehead atoms. The second-order valence-electron chi connectivity index (χ2n) is 10.3. The van der Waals surface area contributed by atoms with E-state index in [0.29, 0.717) is 33.9 Å². The number of sulfonamides is 1. The predicted octanol–water partition coefficient (Wildman–Crippen LogP) is 4.82. The number of para-hydroxylation sites is 2. The first-order valence-corrected chi connectivity index (χ1v) is 15.1. The van der Waals surface area contributed by atoms with Crippen LogP contribution in [-0.2, 0) is 30.8 Å². The lowest BCUT2D eigenvalue weighted by Crippen LogP contribution is -2.53. The highest BCUT2D eigenvalue weighted by molar-refractivity contribution is 7.93. The Morgan fingerprint density at radius 3 is 2.39 bits per heavy atom. The van der Waals surface area contributed by atoms with Crippen LogP contribution in [0.1, 0.15) is 37.0 Å². The van der Waals surface area contributed by atoms with Crippen molar-refractivity contribution in [1.82, 2.24) is 5.32 Å². The molecule has 4 rings (SSSR count). The molecule has 1 heterocycles. The average molecular weight is 597 g/mol. The molecule has 0 aromatic heterocycles. The summed E-state index contributed by atoms with van der Waals surface area (Å²) >= 11 is 6.21. The smallest absolute Gasteiger partial charge is 0.265 e. The zero-order valence-corrected chi connectivity index (χ0v) is 24.9. The molecule has 0 radical (unpaired) electrons. The fourth-order valence-corrected chi connectivity index (χ4v) is 6.65. The van der Waals surface area contributed by atoms with Crippen LogP contribution < -0.4 is 20.3 Å². The van der Waals surface area contributed by atoms with Crippen molar-refractivity contribution in [2.75, 3.05) is 21.5 Å². The zero-order valence-electron chi connectivity index (χ0n) is 23.3. The van der Waals surface area contributed by atoms with Gasteiger partial charge in [0.1, 0.15) is 6.04 Å². The zero-order chi connectivity index (χ0) is 29.9. The molecule has 11 heteroatoms. The molecule has 3 N–H and O–H groups in total. The molecule has 0 spiro atoms. The molecule has 3 aromatic rings. The lowest BCUT2D eigenvalue weighted by molar-refractivity contribution is -0.125. The van der Waals surface area contributed by atoms with Crippen LogP contribution in [0.2, 0.25) is 5.02 Å². The summed E-state index contributed by atoms with van der Waals surface area (Å²) in [6, 6.07) is 15.7. The maximum absolute atomic E-state index is 14.0. The van der Waals surface area contributed by atoms with Crippen molar-refractivity contribution in [3.8, 4) is 0 Å². The maximum Gasteiger partial charge on any atom is 0.265 e. The first-order valence-electron chi connectivity index (χ1n) is 13.3. The summed E-state index contributed by atoms with van der Waals surface area (Å²) in [6.45, 7) is 7.26. The summed E-state index contributed by atoms with van der Waals surface area (Å²) in [5.74, 6) is -1.26. The van der Waals surface area contributed by atoms with E-state index in [4.69, 9.17) is 11.6 Å². The Morgan fingerprint density at radius 1 is 1.02 bits per heavy atom. The predicted molar refractivity (Wildman–Crippen MR) is 161 cm³/mol. The van der Waals surface area contributed by atoms with Crippen molar-refractivity contribution in [1.29, 1.82) is 0 Å². The highest BCUT2D eigenvalue weighted by Crippen LogP contribution is 2.38. The van der Waals surface area contributed by atoms with Crippen LogP contribution >= 0.6 is 11.6 Å². The molecule has 0 aliphatic carbocycles. The molecule has 1 aliphatic heterocycles.